The summed E-state index contributed by atoms with van der Waals surface area (Å²) in [6.45, 7) is 2.25. The summed E-state index contributed by atoms with van der Waals surface area (Å²) in [5, 5.41) is 11.4. The Morgan fingerprint density at radius 2 is 2.44 bits per heavy atom. The normalized spacial score (nSPS) is 27.8. The number of aromatic nitrogens is 2. The van der Waals surface area contributed by atoms with Crippen LogP contribution in [0.15, 0.2) is 18.5 Å². The first-order valence-electron chi connectivity index (χ1n) is 6.30. The third kappa shape index (κ3) is 3.07. The van der Waals surface area contributed by atoms with Crippen molar-refractivity contribution in [3.05, 3.63) is 24.0 Å². The zero-order valence-corrected chi connectivity index (χ0v) is 12.1. The minimum absolute atomic E-state index is 0.0570. The molecule has 2 rings (SSSR count). The molecule has 1 fully saturated rings. The summed E-state index contributed by atoms with van der Waals surface area (Å²) in [5.74, 6) is 0.602. The number of hydrogen-bond acceptors (Lipinski definition) is 3. The lowest BCUT2D eigenvalue weighted by Gasteiger charge is -2.39. The van der Waals surface area contributed by atoms with Crippen LogP contribution in [-0.2, 0) is 0 Å². The van der Waals surface area contributed by atoms with E-state index in [1.165, 1.54) is 19.0 Å². The van der Waals surface area contributed by atoms with Crippen LogP contribution in [-0.4, -0.2) is 27.0 Å². The first-order chi connectivity index (χ1) is 8.65. The standard InChI is InChI=1S/C13H18BrN3O/c1-10-3-2-5-13(7-10,9-14)17-12(18)11-4-6-15-16-8-11/h4,6,8,10H,2-3,5,7,9H2,1H3,(H,17,18). The molecule has 2 atom stereocenters. The number of carbonyl (C=O) groups excluding carboxylic acids is 1. The van der Waals surface area contributed by atoms with Gasteiger partial charge in [-0.05, 0) is 24.8 Å². The zero-order valence-electron chi connectivity index (χ0n) is 10.5. The summed E-state index contributed by atoms with van der Waals surface area (Å²) < 4.78 is 0. The average Bonchev–Trinajstić information content (AvgIpc) is 2.39. The van der Waals surface area contributed by atoms with Crippen LogP contribution >= 0.6 is 15.9 Å². The van der Waals surface area contributed by atoms with E-state index in [4.69, 9.17) is 0 Å². The molecule has 0 saturated heterocycles. The number of rotatable bonds is 3. The number of nitrogens with one attached hydrogen (secondary N) is 1. The van der Waals surface area contributed by atoms with Crippen LogP contribution in [0.1, 0.15) is 43.0 Å². The lowest BCUT2D eigenvalue weighted by molar-refractivity contribution is 0.0869. The van der Waals surface area contributed by atoms with Crippen molar-refractivity contribution in [2.24, 2.45) is 5.92 Å². The van der Waals surface area contributed by atoms with Gasteiger partial charge in [-0.15, -0.1) is 0 Å². The van der Waals surface area contributed by atoms with Crippen LogP contribution in [0, 0.1) is 5.92 Å². The molecule has 0 aliphatic heterocycles. The monoisotopic (exact) mass is 311 g/mol. The fraction of sp³-hybridized carbons (Fsp3) is 0.615. The Bertz CT molecular complexity index is 412. The summed E-state index contributed by atoms with van der Waals surface area (Å²) in [6, 6.07) is 1.69. The maximum absolute atomic E-state index is 12.2. The molecule has 18 heavy (non-hydrogen) atoms. The maximum Gasteiger partial charge on any atom is 0.253 e. The number of amides is 1. The van der Waals surface area contributed by atoms with Gasteiger partial charge in [-0.1, -0.05) is 35.7 Å². The molecule has 1 aromatic rings. The summed E-state index contributed by atoms with van der Waals surface area (Å²) in [6.07, 6.45) is 7.53. The van der Waals surface area contributed by atoms with E-state index >= 15 is 0 Å². The van der Waals surface area contributed by atoms with E-state index in [-0.39, 0.29) is 11.4 Å². The summed E-state index contributed by atoms with van der Waals surface area (Å²) in [4.78, 5) is 12.2. The second-order valence-corrected chi connectivity index (χ2v) is 5.76. The third-order valence-corrected chi connectivity index (χ3v) is 4.65. The molecule has 1 heterocycles. The highest BCUT2D eigenvalue weighted by molar-refractivity contribution is 9.09. The van der Waals surface area contributed by atoms with Crippen molar-refractivity contribution in [3.63, 3.8) is 0 Å². The van der Waals surface area contributed by atoms with Crippen LogP contribution in [0.3, 0.4) is 0 Å². The van der Waals surface area contributed by atoms with Crippen molar-refractivity contribution in [1.29, 1.82) is 0 Å². The third-order valence-electron chi connectivity index (χ3n) is 3.57. The number of nitrogens with zero attached hydrogens (tertiary/aromatic N) is 2. The van der Waals surface area contributed by atoms with Gasteiger partial charge in [-0.2, -0.15) is 10.2 Å². The predicted octanol–water partition coefficient (Wildman–Crippen LogP) is 2.55. The van der Waals surface area contributed by atoms with Crippen molar-refractivity contribution in [2.75, 3.05) is 5.33 Å². The Labute approximate surface area is 116 Å². The highest BCUT2D eigenvalue weighted by Gasteiger charge is 2.35. The van der Waals surface area contributed by atoms with Gasteiger partial charge in [0.1, 0.15) is 0 Å². The Balaban J connectivity index is 2.08. The predicted molar refractivity (Wildman–Crippen MR) is 73.7 cm³/mol. The fourth-order valence-corrected chi connectivity index (χ4v) is 3.32. The Morgan fingerprint density at radius 3 is 3.06 bits per heavy atom. The van der Waals surface area contributed by atoms with E-state index < -0.39 is 0 Å². The minimum Gasteiger partial charge on any atom is -0.346 e. The van der Waals surface area contributed by atoms with E-state index in [0.717, 1.165) is 18.2 Å². The van der Waals surface area contributed by atoms with Gasteiger partial charge in [-0.3, -0.25) is 4.79 Å². The van der Waals surface area contributed by atoms with Gasteiger partial charge < -0.3 is 5.32 Å². The summed E-state index contributed by atoms with van der Waals surface area (Å²) in [5.41, 5.74) is 0.460. The molecule has 1 aliphatic carbocycles. The molecule has 0 bridgehead atoms. The van der Waals surface area contributed by atoms with Crippen LogP contribution < -0.4 is 5.32 Å². The molecule has 1 aliphatic rings. The van der Waals surface area contributed by atoms with Crippen LogP contribution in [0.4, 0.5) is 0 Å². The Hall–Kier alpha value is -0.970. The van der Waals surface area contributed by atoms with Gasteiger partial charge in [0, 0.05) is 5.33 Å². The molecule has 1 aromatic heterocycles. The number of alkyl halides is 1. The smallest absolute Gasteiger partial charge is 0.253 e. The van der Waals surface area contributed by atoms with Crippen molar-refractivity contribution in [2.45, 2.75) is 38.1 Å². The van der Waals surface area contributed by atoms with Crippen LogP contribution in [0.25, 0.3) is 0 Å². The van der Waals surface area contributed by atoms with E-state index in [0.29, 0.717) is 11.5 Å². The summed E-state index contributed by atoms with van der Waals surface area (Å²) >= 11 is 3.55. The highest BCUT2D eigenvalue weighted by Crippen LogP contribution is 2.33. The largest absolute Gasteiger partial charge is 0.346 e. The SMILES string of the molecule is CC1CCCC(CBr)(NC(=O)c2ccnnc2)C1. The van der Waals surface area contributed by atoms with Gasteiger partial charge in [0.25, 0.3) is 5.91 Å². The second kappa shape index (κ2) is 5.78. The topological polar surface area (TPSA) is 54.9 Å². The van der Waals surface area contributed by atoms with Crippen molar-refractivity contribution in [3.8, 4) is 0 Å². The molecule has 1 amide bonds. The first kappa shape index (κ1) is 13.5. The number of halogens is 1. The second-order valence-electron chi connectivity index (χ2n) is 5.20. The van der Waals surface area contributed by atoms with E-state index in [9.17, 15) is 4.79 Å². The molecule has 5 heteroatoms. The van der Waals surface area contributed by atoms with E-state index in [2.05, 4.69) is 38.4 Å². The minimum atomic E-state index is -0.113. The number of carbonyl (C=O) groups is 1. The molecule has 2 unspecified atom stereocenters. The fourth-order valence-electron chi connectivity index (χ4n) is 2.67. The molecule has 1 saturated carbocycles. The van der Waals surface area contributed by atoms with Gasteiger partial charge in [-0.25, -0.2) is 0 Å². The van der Waals surface area contributed by atoms with Crippen LogP contribution in [0.5, 0.6) is 0 Å². The molecular formula is C13H18BrN3O. The molecule has 1 N–H and O–H groups in total. The summed E-state index contributed by atoms with van der Waals surface area (Å²) in [7, 11) is 0. The van der Waals surface area contributed by atoms with Gasteiger partial charge in [0.2, 0.25) is 0 Å². The molecule has 0 aromatic carbocycles. The van der Waals surface area contributed by atoms with Gasteiger partial charge in [0.05, 0.1) is 23.5 Å². The van der Waals surface area contributed by atoms with Crippen molar-refractivity contribution < 1.29 is 4.79 Å². The highest BCUT2D eigenvalue weighted by atomic mass is 79.9. The Kier molecular flexibility index (Phi) is 4.32. The Morgan fingerprint density at radius 1 is 1.61 bits per heavy atom. The molecule has 4 nitrogen and oxygen atoms in total. The lowest BCUT2D eigenvalue weighted by Crippen LogP contribution is -2.52. The first-order valence-corrected chi connectivity index (χ1v) is 7.42. The average molecular weight is 312 g/mol. The molecular weight excluding hydrogens is 294 g/mol. The van der Waals surface area contributed by atoms with Crippen molar-refractivity contribution >= 4 is 21.8 Å². The number of hydrogen-bond donors (Lipinski definition) is 1. The van der Waals surface area contributed by atoms with Crippen molar-refractivity contribution in [1.82, 2.24) is 15.5 Å². The lowest BCUT2D eigenvalue weighted by atomic mass is 9.77. The van der Waals surface area contributed by atoms with E-state index in [1.54, 1.807) is 12.3 Å². The quantitative estimate of drug-likeness (QED) is 0.873. The molecule has 0 radical (unpaired) electrons. The molecule has 0 spiro atoms. The van der Waals surface area contributed by atoms with Gasteiger partial charge >= 0.3 is 0 Å². The van der Waals surface area contributed by atoms with E-state index in [1.807, 2.05) is 0 Å². The zero-order chi connectivity index (χ0) is 13.0. The van der Waals surface area contributed by atoms with Gasteiger partial charge in [0.15, 0.2) is 0 Å². The maximum atomic E-state index is 12.2. The molecule has 98 valence electrons. The van der Waals surface area contributed by atoms with Crippen LogP contribution in [0.2, 0.25) is 0 Å².